The van der Waals surface area contributed by atoms with Gasteiger partial charge >= 0.3 is 11.8 Å². The summed E-state index contributed by atoms with van der Waals surface area (Å²) >= 11 is 0. The average molecular weight is 380 g/mol. The fourth-order valence-corrected chi connectivity index (χ4v) is 3.23. The molecule has 28 heavy (non-hydrogen) atoms. The van der Waals surface area contributed by atoms with Crippen molar-refractivity contribution >= 4 is 23.4 Å². The van der Waals surface area contributed by atoms with Crippen molar-refractivity contribution in [3.63, 3.8) is 0 Å². The van der Waals surface area contributed by atoms with Crippen molar-refractivity contribution in [2.45, 2.75) is 25.4 Å². The quantitative estimate of drug-likeness (QED) is 0.684. The Morgan fingerprint density at radius 2 is 1.57 bits per heavy atom. The van der Waals surface area contributed by atoms with Crippen LogP contribution in [0.3, 0.4) is 0 Å². The van der Waals surface area contributed by atoms with Crippen molar-refractivity contribution in [2.75, 3.05) is 18.4 Å². The van der Waals surface area contributed by atoms with Crippen LogP contribution in [0.5, 0.6) is 0 Å². The Labute approximate surface area is 163 Å². The molecule has 0 aliphatic carbocycles. The van der Waals surface area contributed by atoms with Gasteiger partial charge in [-0.25, -0.2) is 0 Å². The second kappa shape index (κ2) is 9.14. The number of anilines is 1. The first kappa shape index (κ1) is 19.6. The molecule has 1 heterocycles. The van der Waals surface area contributed by atoms with Crippen LogP contribution < -0.4 is 16.4 Å². The minimum absolute atomic E-state index is 0.0116. The van der Waals surface area contributed by atoms with Crippen LogP contribution in [0.2, 0.25) is 0 Å². The Bertz CT molecular complexity index is 828. The first-order valence-corrected chi connectivity index (χ1v) is 9.29. The molecule has 1 fully saturated rings. The molecule has 0 unspecified atom stereocenters. The zero-order chi connectivity index (χ0) is 19.9. The predicted octanol–water partition coefficient (Wildman–Crippen LogP) is 1.50. The lowest BCUT2D eigenvalue weighted by molar-refractivity contribution is -0.136. The lowest BCUT2D eigenvalue weighted by Gasteiger charge is -2.32. The summed E-state index contributed by atoms with van der Waals surface area (Å²) < 4.78 is 0. The molecule has 0 atom stereocenters. The smallest absolute Gasteiger partial charge is 0.313 e. The van der Waals surface area contributed by atoms with E-state index in [1.54, 1.807) is 0 Å². The zero-order valence-corrected chi connectivity index (χ0v) is 15.6. The van der Waals surface area contributed by atoms with E-state index >= 15 is 0 Å². The first-order valence-electron chi connectivity index (χ1n) is 9.29. The number of carbonyl (C=O) groups is 3. The number of nitrogens with two attached hydrogens (primary N) is 1. The molecule has 3 rings (SSSR count). The molecule has 1 aliphatic rings. The van der Waals surface area contributed by atoms with Crippen molar-refractivity contribution in [1.29, 1.82) is 0 Å². The molecule has 1 aliphatic heterocycles. The van der Waals surface area contributed by atoms with E-state index in [9.17, 15) is 14.4 Å². The Kier molecular flexibility index (Phi) is 6.39. The molecule has 7 heteroatoms. The predicted molar refractivity (Wildman–Crippen MR) is 106 cm³/mol. The summed E-state index contributed by atoms with van der Waals surface area (Å²) in [5, 5.41) is 5.33. The topological polar surface area (TPSA) is 105 Å². The molecule has 0 bridgehead atoms. The molecule has 4 N–H and O–H groups in total. The van der Waals surface area contributed by atoms with Crippen molar-refractivity contribution in [3.05, 3.63) is 65.7 Å². The van der Waals surface area contributed by atoms with E-state index in [2.05, 4.69) is 27.7 Å². The number of hydrogen-bond donors (Lipinski definition) is 3. The number of likely N-dealkylation sites (tertiary alicyclic amines) is 1. The highest BCUT2D eigenvalue weighted by atomic mass is 16.2. The fourth-order valence-electron chi connectivity index (χ4n) is 3.23. The third kappa shape index (κ3) is 5.40. The molecule has 0 aromatic heterocycles. The summed E-state index contributed by atoms with van der Waals surface area (Å²) in [6.45, 7) is 2.63. The highest BCUT2D eigenvalue weighted by molar-refractivity contribution is 6.39. The van der Waals surface area contributed by atoms with E-state index in [4.69, 9.17) is 5.73 Å². The van der Waals surface area contributed by atoms with Crippen molar-refractivity contribution in [1.82, 2.24) is 10.2 Å². The van der Waals surface area contributed by atoms with E-state index in [0.29, 0.717) is 11.3 Å². The Morgan fingerprint density at radius 3 is 2.18 bits per heavy atom. The second-order valence-corrected chi connectivity index (χ2v) is 6.91. The van der Waals surface area contributed by atoms with Gasteiger partial charge in [-0.1, -0.05) is 30.3 Å². The number of carbonyl (C=O) groups excluding carboxylic acids is 3. The van der Waals surface area contributed by atoms with E-state index < -0.39 is 17.7 Å². The number of primary amides is 1. The minimum atomic E-state index is -0.724. The normalized spacial score (nSPS) is 15.0. The lowest BCUT2D eigenvalue weighted by atomic mass is 10.0. The van der Waals surface area contributed by atoms with Crippen LogP contribution in [0.4, 0.5) is 5.69 Å². The van der Waals surface area contributed by atoms with Gasteiger partial charge in [0.1, 0.15) is 0 Å². The third-order valence-corrected chi connectivity index (χ3v) is 4.81. The molecule has 2 aromatic carbocycles. The lowest BCUT2D eigenvalue weighted by Crippen LogP contribution is -2.47. The van der Waals surface area contributed by atoms with Crippen LogP contribution >= 0.6 is 0 Å². The Morgan fingerprint density at radius 1 is 0.929 bits per heavy atom. The van der Waals surface area contributed by atoms with Gasteiger partial charge in [-0.05, 0) is 42.7 Å². The number of nitrogens with zero attached hydrogens (tertiary/aromatic N) is 1. The van der Waals surface area contributed by atoms with Gasteiger partial charge in [0, 0.05) is 36.9 Å². The Balaban J connectivity index is 1.43. The minimum Gasteiger partial charge on any atom is -0.366 e. The van der Waals surface area contributed by atoms with Gasteiger partial charge in [-0.3, -0.25) is 19.3 Å². The maximum Gasteiger partial charge on any atom is 0.313 e. The summed E-state index contributed by atoms with van der Waals surface area (Å²) in [6, 6.07) is 16.3. The number of hydrogen-bond acceptors (Lipinski definition) is 4. The SMILES string of the molecule is NC(=O)c1ccc(NC(=O)C(=O)NC2CCN(Cc3ccccc3)CC2)cc1. The highest BCUT2D eigenvalue weighted by Gasteiger charge is 2.23. The van der Waals surface area contributed by atoms with Crippen LogP contribution in [0, 0.1) is 0 Å². The first-order chi connectivity index (χ1) is 13.5. The summed E-state index contributed by atoms with van der Waals surface area (Å²) in [5.74, 6) is -1.92. The van der Waals surface area contributed by atoms with E-state index in [-0.39, 0.29) is 6.04 Å². The summed E-state index contributed by atoms with van der Waals surface area (Å²) in [7, 11) is 0. The van der Waals surface area contributed by atoms with Crippen LogP contribution in [0.15, 0.2) is 54.6 Å². The van der Waals surface area contributed by atoms with Crippen LogP contribution in [-0.4, -0.2) is 41.8 Å². The van der Waals surface area contributed by atoms with E-state index in [1.165, 1.54) is 29.8 Å². The van der Waals surface area contributed by atoms with Crippen molar-refractivity contribution in [2.24, 2.45) is 5.73 Å². The summed E-state index contributed by atoms with van der Waals surface area (Å²) in [6.07, 6.45) is 1.61. The maximum atomic E-state index is 12.2. The second-order valence-electron chi connectivity index (χ2n) is 6.91. The number of piperidine rings is 1. The molecular formula is C21H24N4O3. The number of rotatable bonds is 5. The van der Waals surface area contributed by atoms with E-state index in [0.717, 1.165) is 32.5 Å². The van der Waals surface area contributed by atoms with Gasteiger partial charge in [0.05, 0.1) is 0 Å². The molecular weight excluding hydrogens is 356 g/mol. The number of amides is 3. The summed E-state index contributed by atoms with van der Waals surface area (Å²) in [4.78, 5) is 37.6. The average Bonchev–Trinajstić information content (AvgIpc) is 2.70. The van der Waals surface area contributed by atoms with Gasteiger partial charge < -0.3 is 16.4 Å². The van der Waals surface area contributed by atoms with Gasteiger partial charge in [0.25, 0.3) is 0 Å². The van der Waals surface area contributed by atoms with Gasteiger partial charge in [-0.2, -0.15) is 0 Å². The zero-order valence-electron chi connectivity index (χ0n) is 15.6. The highest BCUT2D eigenvalue weighted by Crippen LogP contribution is 2.14. The van der Waals surface area contributed by atoms with E-state index in [1.807, 2.05) is 18.2 Å². The van der Waals surface area contributed by atoms with Crippen molar-refractivity contribution < 1.29 is 14.4 Å². The van der Waals surface area contributed by atoms with Gasteiger partial charge in [0.2, 0.25) is 5.91 Å². The molecule has 7 nitrogen and oxygen atoms in total. The van der Waals surface area contributed by atoms with Gasteiger partial charge in [0.15, 0.2) is 0 Å². The molecule has 146 valence electrons. The van der Waals surface area contributed by atoms with Gasteiger partial charge in [-0.15, -0.1) is 0 Å². The maximum absolute atomic E-state index is 12.2. The van der Waals surface area contributed by atoms with Crippen LogP contribution in [0.25, 0.3) is 0 Å². The Hall–Kier alpha value is -3.19. The van der Waals surface area contributed by atoms with Crippen LogP contribution in [-0.2, 0) is 16.1 Å². The van der Waals surface area contributed by atoms with Crippen molar-refractivity contribution in [3.8, 4) is 0 Å². The monoisotopic (exact) mass is 380 g/mol. The summed E-state index contributed by atoms with van der Waals surface area (Å²) in [5.41, 5.74) is 7.22. The molecule has 0 spiro atoms. The number of nitrogens with one attached hydrogen (secondary N) is 2. The number of benzene rings is 2. The molecule has 2 aromatic rings. The fraction of sp³-hybridized carbons (Fsp3) is 0.286. The largest absolute Gasteiger partial charge is 0.366 e. The third-order valence-electron chi connectivity index (χ3n) is 4.81. The molecule has 1 saturated heterocycles. The molecule has 0 radical (unpaired) electrons. The molecule has 0 saturated carbocycles. The standard InChI is InChI=1S/C21H24N4O3/c22-19(26)16-6-8-17(9-7-16)23-20(27)21(28)24-18-10-12-25(13-11-18)14-15-4-2-1-3-5-15/h1-9,18H,10-14H2,(H2,22,26)(H,23,27)(H,24,28). The van der Waals surface area contributed by atoms with Crippen LogP contribution in [0.1, 0.15) is 28.8 Å². The molecule has 3 amide bonds.